The molecule has 7 nitrogen and oxygen atoms in total. The third-order valence-electron chi connectivity index (χ3n) is 3.15. The number of likely N-dealkylation sites (N-methyl/N-ethyl adjacent to an activating group) is 1. The van der Waals surface area contributed by atoms with Crippen molar-refractivity contribution >= 4 is 46.7 Å². The zero-order valence-electron chi connectivity index (χ0n) is 13.6. The van der Waals surface area contributed by atoms with Crippen LogP contribution in [0.4, 0.5) is 11.6 Å². The van der Waals surface area contributed by atoms with E-state index in [2.05, 4.69) is 15.3 Å². The Hall–Kier alpha value is -2.38. The minimum atomic E-state index is -1.01. The number of amides is 1. The van der Waals surface area contributed by atoms with Gasteiger partial charge in [0.1, 0.15) is 6.54 Å². The second kappa shape index (κ2) is 8.64. The summed E-state index contributed by atoms with van der Waals surface area (Å²) in [6, 6.07) is 6.52. The summed E-state index contributed by atoms with van der Waals surface area (Å²) in [6.07, 6.45) is 2.12. The molecule has 0 fully saturated rings. The minimum absolute atomic E-state index is 0.0977. The molecule has 2 rings (SSSR count). The summed E-state index contributed by atoms with van der Waals surface area (Å²) in [7, 11) is 1.65. The Kier molecular flexibility index (Phi) is 6.55. The van der Waals surface area contributed by atoms with E-state index in [1.807, 2.05) is 0 Å². The Bertz CT molecular complexity index is 758. The van der Waals surface area contributed by atoms with E-state index >= 15 is 0 Å². The smallest absolute Gasteiger partial charge is 0.326 e. The largest absolute Gasteiger partial charge is 0.451 e. The molecule has 1 aromatic heterocycles. The molecule has 132 valence electrons. The fourth-order valence-corrected chi connectivity index (χ4v) is 2.22. The van der Waals surface area contributed by atoms with Crippen LogP contribution in [-0.2, 0) is 14.3 Å². The van der Waals surface area contributed by atoms with Crippen molar-refractivity contribution in [1.82, 2.24) is 9.97 Å². The number of carbonyl (C=O) groups excluding carboxylic acids is 2. The maximum absolute atomic E-state index is 12.1. The minimum Gasteiger partial charge on any atom is -0.451 e. The summed E-state index contributed by atoms with van der Waals surface area (Å²) in [5.74, 6) is -0.729. The van der Waals surface area contributed by atoms with Crippen LogP contribution in [0.15, 0.2) is 36.7 Å². The molecule has 0 saturated carbocycles. The molecular weight excluding hydrogens is 367 g/mol. The summed E-state index contributed by atoms with van der Waals surface area (Å²) in [5.41, 5.74) is 0.344. The number of carbonyl (C=O) groups is 2. The number of nitrogens with zero attached hydrogens (tertiary/aromatic N) is 3. The van der Waals surface area contributed by atoms with Gasteiger partial charge in [-0.2, -0.15) is 0 Å². The number of aromatic nitrogens is 2. The molecule has 1 heterocycles. The number of rotatable bonds is 6. The molecule has 0 saturated heterocycles. The van der Waals surface area contributed by atoms with Gasteiger partial charge in [-0.25, -0.2) is 9.97 Å². The van der Waals surface area contributed by atoms with Gasteiger partial charge in [0.2, 0.25) is 5.95 Å². The van der Waals surface area contributed by atoms with E-state index in [9.17, 15) is 9.59 Å². The number of esters is 1. The fourth-order valence-electron chi connectivity index (χ4n) is 1.88. The average molecular weight is 383 g/mol. The van der Waals surface area contributed by atoms with Crippen LogP contribution in [0.5, 0.6) is 0 Å². The maximum atomic E-state index is 12.1. The van der Waals surface area contributed by atoms with Crippen molar-refractivity contribution in [2.75, 3.05) is 23.8 Å². The van der Waals surface area contributed by atoms with Gasteiger partial charge in [0.05, 0.1) is 15.7 Å². The zero-order valence-corrected chi connectivity index (χ0v) is 15.1. The highest BCUT2D eigenvalue weighted by Crippen LogP contribution is 2.29. The lowest BCUT2D eigenvalue weighted by atomic mass is 10.3. The van der Waals surface area contributed by atoms with Crippen LogP contribution in [0.25, 0.3) is 0 Å². The molecule has 0 aliphatic carbocycles. The summed E-state index contributed by atoms with van der Waals surface area (Å²) >= 11 is 11.9. The Morgan fingerprint density at radius 2 is 1.92 bits per heavy atom. The molecule has 2 aromatic rings. The first-order valence-corrected chi connectivity index (χ1v) is 8.06. The van der Waals surface area contributed by atoms with Gasteiger partial charge >= 0.3 is 5.97 Å². The topological polar surface area (TPSA) is 84.4 Å². The summed E-state index contributed by atoms with van der Waals surface area (Å²) in [4.78, 5) is 33.7. The number of hydrogen-bond acceptors (Lipinski definition) is 6. The zero-order chi connectivity index (χ0) is 18.4. The van der Waals surface area contributed by atoms with Crippen LogP contribution in [0.3, 0.4) is 0 Å². The van der Waals surface area contributed by atoms with Crippen molar-refractivity contribution < 1.29 is 14.3 Å². The van der Waals surface area contributed by atoms with Crippen LogP contribution in [0.1, 0.15) is 6.92 Å². The molecule has 1 unspecified atom stereocenters. The van der Waals surface area contributed by atoms with E-state index in [1.165, 1.54) is 11.8 Å². The number of halogens is 2. The van der Waals surface area contributed by atoms with Crippen LogP contribution in [-0.4, -0.2) is 41.5 Å². The predicted octanol–water partition coefficient (Wildman–Crippen LogP) is 2.79. The predicted molar refractivity (Wildman–Crippen MR) is 95.9 cm³/mol. The molecule has 0 radical (unpaired) electrons. The van der Waals surface area contributed by atoms with Gasteiger partial charge in [0.25, 0.3) is 5.91 Å². The molecule has 0 bridgehead atoms. The molecule has 0 spiro atoms. The van der Waals surface area contributed by atoms with Gasteiger partial charge < -0.3 is 15.0 Å². The number of benzene rings is 1. The van der Waals surface area contributed by atoms with Crippen molar-refractivity contribution in [1.29, 1.82) is 0 Å². The standard InChI is InChI=1S/C16H16Cl2N4O3/c1-10(15(24)21-12-6-3-5-11(17)14(12)18)25-13(23)9-22(2)16-19-7-4-8-20-16/h3-8,10H,9H2,1-2H3,(H,21,24). The van der Waals surface area contributed by atoms with E-state index in [0.29, 0.717) is 16.7 Å². The first-order chi connectivity index (χ1) is 11.9. The Balaban J connectivity index is 1.90. The molecule has 1 atom stereocenters. The number of nitrogens with one attached hydrogen (secondary N) is 1. The van der Waals surface area contributed by atoms with Crippen LogP contribution < -0.4 is 10.2 Å². The van der Waals surface area contributed by atoms with E-state index in [4.69, 9.17) is 27.9 Å². The molecule has 25 heavy (non-hydrogen) atoms. The maximum Gasteiger partial charge on any atom is 0.326 e. The lowest BCUT2D eigenvalue weighted by Crippen LogP contribution is -2.35. The Morgan fingerprint density at radius 3 is 2.60 bits per heavy atom. The monoisotopic (exact) mass is 382 g/mol. The molecule has 1 N–H and O–H groups in total. The van der Waals surface area contributed by atoms with Gasteiger partial charge in [0, 0.05) is 19.4 Å². The van der Waals surface area contributed by atoms with Gasteiger partial charge in [-0.15, -0.1) is 0 Å². The highest BCUT2D eigenvalue weighted by atomic mass is 35.5. The number of anilines is 2. The quantitative estimate of drug-likeness (QED) is 0.773. The fraction of sp³-hybridized carbons (Fsp3) is 0.250. The third kappa shape index (κ3) is 5.30. The summed E-state index contributed by atoms with van der Waals surface area (Å²) in [5, 5.41) is 3.10. The van der Waals surface area contributed by atoms with Crippen molar-refractivity contribution in [3.05, 3.63) is 46.7 Å². The molecule has 0 aliphatic rings. The molecule has 1 aromatic carbocycles. The third-order valence-corrected chi connectivity index (χ3v) is 3.97. The van der Waals surface area contributed by atoms with E-state index < -0.39 is 18.0 Å². The Labute approximate surface area is 154 Å². The van der Waals surface area contributed by atoms with Crippen molar-refractivity contribution in [2.45, 2.75) is 13.0 Å². The molecule has 9 heteroatoms. The normalized spacial score (nSPS) is 11.5. The molecular formula is C16H16Cl2N4O3. The van der Waals surface area contributed by atoms with Crippen LogP contribution >= 0.6 is 23.2 Å². The highest BCUT2D eigenvalue weighted by molar-refractivity contribution is 6.44. The molecule has 0 aliphatic heterocycles. The number of ether oxygens (including phenoxy) is 1. The summed E-state index contributed by atoms with van der Waals surface area (Å²) < 4.78 is 5.12. The first-order valence-electron chi connectivity index (χ1n) is 7.31. The molecule has 1 amide bonds. The van der Waals surface area contributed by atoms with Crippen molar-refractivity contribution in [3.63, 3.8) is 0 Å². The van der Waals surface area contributed by atoms with Crippen molar-refractivity contribution in [3.8, 4) is 0 Å². The average Bonchev–Trinajstić information content (AvgIpc) is 2.59. The van der Waals surface area contributed by atoms with Gasteiger partial charge in [0.15, 0.2) is 6.10 Å². The van der Waals surface area contributed by atoms with Gasteiger partial charge in [-0.05, 0) is 25.1 Å². The lowest BCUT2D eigenvalue weighted by Gasteiger charge is -2.18. The van der Waals surface area contributed by atoms with E-state index in [-0.39, 0.29) is 11.6 Å². The van der Waals surface area contributed by atoms with Crippen LogP contribution in [0, 0.1) is 0 Å². The van der Waals surface area contributed by atoms with E-state index in [1.54, 1.807) is 43.7 Å². The first kappa shape index (κ1) is 19.0. The van der Waals surface area contributed by atoms with Gasteiger partial charge in [-0.3, -0.25) is 9.59 Å². The second-order valence-corrected chi connectivity index (χ2v) is 5.91. The lowest BCUT2D eigenvalue weighted by molar-refractivity contribution is -0.151. The van der Waals surface area contributed by atoms with E-state index in [0.717, 1.165) is 0 Å². The number of hydrogen-bond donors (Lipinski definition) is 1. The SMILES string of the molecule is CC(OC(=O)CN(C)c1ncccn1)C(=O)Nc1cccc(Cl)c1Cl. The van der Waals surface area contributed by atoms with Gasteiger partial charge in [-0.1, -0.05) is 29.3 Å². The van der Waals surface area contributed by atoms with Crippen molar-refractivity contribution in [2.24, 2.45) is 0 Å². The highest BCUT2D eigenvalue weighted by Gasteiger charge is 2.20. The second-order valence-electron chi connectivity index (χ2n) is 5.13. The summed E-state index contributed by atoms with van der Waals surface area (Å²) in [6.45, 7) is 1.37. The Morgan fingerprint density at radius 1 is 1.24 bits per heavy atom. The van der Waals surface area contributed by atoms with Crippen LogP contribution in [0.2, 0.25) is 10.0 Å².